The van der Waals surface area contributed by atoms with Crippen LogP contribution in [0.15, 0.2) is 67.0 Å². The Morgan fingerprint density at radius 2 is 1.43 bits per heavy atom. The van der Waals surface area contributed by atoms with Gasteiger partial charge in [0.2, 0.25) is 6.33 Å². The van der Waals surface area contributed by atoms with Crippen molar-refractivity contribution in [3.63, 3.8) is 0 Å². The molecule has 2 aromatic carbocycles. The first-order valence-electron chi connectivity index (χ1n) is 8.58. The predicted molar refractivity (Wildman–Crippen MR) is 92.4 cm³/mol. The van der Waals surface area contributed by atoms with E-state index in [0.717, 1.165) is 13.1 Å². The molecule has 2 nitrogen and oxygen atoms in total. The van der Waals surface area contributed by atoms with Crippen molar-refractivity contribution >= 4 is 0 Å². The van der Waals surface area contributed by atoms with Crippen molar-refractivity contribution in [1.82, 2.24) is 4.57 Å². The van der Waals surface area contributed by atoms with Gasteiger partial charge < -0.3 is 0 Å². The molecule has 23 heavy (non-hydrogen) atoms. The van der Waals surface area contributed by atoms with Crippen molar-refractivity contribution in [3.8, 4) is 0 Å². The molecule has 116 valence electrons. The monoisotopic (exact) mass is 303 g/mol. The Kier molecular flexibility index (Phi) is 3.97. The lowest BCUT2D eigenvalue weighted by Crippen LogP contribution is -2.37. The molecule has 1 aromatic heterocycles. The van der Waals surface area contributed by atoms with Gasteiger partial charge in [-0.3, -0.25) is 0 Å². The number of aromatic nitrogens is 2. The van der Waals surface area contributed by atoms with Crippen LogP contribution in [0.25, 0.3) is 0 Å². The third kappa shape index (κ3) is 3.07. The Morgan fingerprint density at radius 3 is 2.17 bits per heavy atom. The molecule has 0 N–H and O–H groups in total. The van der Waals surface area contributed by atoms with E-state index in [0.29, 0.717) is 0 Å². The van der Waals surface area contributed by atoms with Crippen molar-refractivity contribution in [1.29, 1.82) is 0 Å². The summed E-state index contributed by atoms with van der Waals surface area (Å²) in [6.45, 7) is 1.95. The zero-order valence-electron chi connectivity index (χ0n) is 13.5. The highest BCUT2D eigenvalue weighted by atomic mass is 15.1. The average Bonchev–Trinajstić information content (AvgIpc) is 2.95. The second kappa shape index (κ2) is 6.41. The van der Waals surface area contributed by atoms with Gasteiger partial charge in [-0.15, -0.1) is 0 Å². The Bertz CT molecular complexity index is 706. The van der Waals surface area contributed by atoms with E-state index in [1.165, 1.54) is 48.2 Å². The lowest BCUT2D eigenvalue weighted by molar-refractivity contribution is -0.695. The van der Waals surface area contributed by atoms with Crippen LogP contribution in [0.5, 0.6) is 0 Å². The molecule has 0 fully saturated rings. The summed E-state index contributed by atoms with van der Waals surface area (Å²) in [5, 5.41) is 0. The molecule has 0 saturated heterocycles. The molecule has 0 saturated carbocycles. The van der Waals surface area contributed by atoms with Crippen LogP contribution >= 0.6 is 0 Å². The first kappa shape index (κ1) is 14.3. The van der Waals surface area contributed by atoms with E-state index in [1.54, 1.807) is 0 Å². The lowest BCUT2D eigenvalue weighted by atomic mass is 10.0. The van der Waals surface area contributed by atoms with Gasteiger partial charge in [0, 0.05) is 12.8 Å². The predicted octanol–water partition coefficient (Wildman–Crippen LogP) is 3.75. The number of imidazole rings is 1. The largest absolute Gasteiger partial charge is 0.244 e. The van der Waals surface area contributed by atoms with Gasteiger partial charge >= 0.3 is 0 Å². The summed E-state index contributed by atoms with van der Waals surface area (Å²) in [4.78, 5) is 0. The molecule has 4 rings (SSSR count). The van der Waals surface area contributed by atoms with Gasteiger partial charge in [0.05, 0.1) is 0 Å². The van der Waals surface area contributed by atoms with Crippen molar-refractivity contribution in [2.45, 2.75) is 38.8 Å². The summed E-state index contributed by atoms with van der Waals surface area (Å²) in [6, 6.07) is 21.6. The number of fused-ring (bicyclic) bond motifs is 1. The quantitative estimate of drug-likeness (QED) is 0.649. The number of rotatable bonds is 4. The van der Waals surface area contributed by atoms with Crippen LogP contribution in [0, 0.1) is 0 Å². The minimum Gasteiger partial charge on any atom is -0.230 e. The van der Waals surface area contributed by atoms with Crippen LogP contribution < -0.4 is 4.57 Å². The highest BCUT2D eigenvalue weighted by molar-refractivity contribution is 5.19. The molecule has 0 spiro atoms. The molecular formula is C21H23N2+. The van der Waals surface area contributed by atoms with Crippen molar-refractivity contribution in [3.05, 3.63) is 89.5 Å². The topological polar surface area (TPSA) is 8.81 Å². The first-order valence-corrected chi connectivity index (χ1v) is 8.58. The van der Waals surface area contributed by atoms with Crippen molar-refractivity contribution in [2.24, 2.45) is 0 Å². The summed E-state index contributed by atoms with van der Waals surface area (Å²) < 4.78 is 4.93. The highest BCUT2D eigenvalue weighted by Crippen LogP contribution is 2.20. The van der Waals surface area contributed by atoms with E-state index in [2.05, 4.69) is 76.1 Å². The van der Waals surface area contributed by atoms with Crippen LogP contribution in [0.2, 0.25) is 0 Å². The smallest absolute Gasteiger partial charge is 0.230 e. The molecule has 0 amide bonds. The number of nitrogens with zero attached hydrogens (tertiary/aromatic N) is 2. The zero-order chi connectivity index (χ0) is 15.5. The van der Waals surface area contributed by atoms with Crippen LogP contribution in [-0.4, -0.2) is 4.57 Å². The van der Waals surface area contributed by atoms with Gasteiger partial charge in [-0.05, 0) is 24.0 Å². The van der Waals surface area contributed by atoms with Gasteiger partial charge in [0.25, 0.3) is 0 Å². The summed E-state index contributed by atoms with van der Waals surface area (Å²) in [6.07, 6.45) is 7.39. The third-order valence-corrected chi connectivity index (χ3v) is 4.77. The summed E-state index contributed by atoms with van der Waals surface area (Å²) in [5.41, 5.74) is 5.83. The average molecular weight is 303 g/mol. The van der Waals surface area contributed by atoms with E-state index in [1.807, 2.05) is 0 Å². The number of benzene rings is 2. The van der Waals surface area contributed by atoms with Crippen LogP contribution in [-0.2, 0) is 25.9 Å². The molecule has 0 bridgehead atoms. The molecule has 3 aromatic rings. The fourth-order valence-electron chi connectivity index (χ4n) is 3.63. The minimum atomic E-state index is 0.977. The number of hydrogen-bond acceptors (Lipinski definition) is 0. The van der Waals surface area contributed by atoms with Crippen LogP contribution in [0.3, 0.4) is 0 Å². The van der Waals surface area contributed by atoms with Crippen molar-refractivity contribution in [2.75, 3.05) is 0 Å². The molecule has 0 unspecified atom stereocenters. The third-order valence-electron chi connectivity index (χ3n) is 4.77. The Labute approximate surface area is 138 Å². The molecule has 1 aliphatic rings. The summed E-state index contributed by atoms with van der Waals surface area (Å²) in [7, 11) is 0. The van der Waals surface area contributed by atoms with Gasteiger partial charge in [0.15, 0.2) is 0 Å². The van der Waals surface area contributed by atoms with E-state index in [4.69, 9.17) is 0 Å². The van der Waals surface area contributed by atoms with Gasteiger partial charge in [-0.2, -0.15) is 0 Å². The van der Waals surface area contributed by atoms with Crippen LogP contribution in [0.1, 0.15) is 35.4 Å². The Hall–Kier alpha value is -2.35. The second-order valence-corrected chi connectivity index (χ2v) is 6.44. The lowest BCUT2D eigenvalue weighted by Gasteiger charge is -2.10. The highest BCUT2D eigenvalue weighted by Gasteiger charge is 2.25. The van der Waals surface area contributed by atoms with Crippen LogP contribution in [0.4, 0.5) is 0 Å². The normalized spacial score (nSPS) is 13.7. The Morgan fingerprint density at radius 1 is 0.783 bits per heavy atom. The standard InChI is InChI=1S/C21H23N2/c1-3-9-18(10-4-1)15-22-17-23(16-19-11-5-2-6-12-19)21-14-8-7-13-20(21)22/h1-6,9-12,17H,7-8,13-16H2/q+1. The summed E-state index contributed by atoms with van der Waals surface area (Å²) in [5.74, 6) is 0. The molecule has 1 heterocycles. The minimum absolute atomic E-state index is 0.977. The molecule has 1 aliphatic carbocycles. The SMILES string of the molecule is c1ccc(Cn2c[n+](Cc3ccccc3)c3c2CCCC3)cc1. The van der Waals surface area contributed by atoms with E-state index in [9.17, 15) is 0 Å². The second-order valence-electron chi connectivity index (χ2n) is 6.44. The molecule has 0 aliphatic heterocycles. The van der Waals surface area contributed by atoms with Crippen molar-refractivity contribution < 1.29 is 4.57 Å². The fourth-order valence-corrected chi connectivity index (χ4v) is 3.63. The maximum Gasteiger partial charge on any atom is 0.244 e. The molecule has 0 atom stereocenters. The van der Waals surface area contributed by atoms with E-state index >= 15 is 0 Å². The Balaban J connectivity index is 1.67. The summed E-state index contributed by atoms with van der Waals surface area (Å²) >= 11 is 0. The fraction of sp³-hybridized carbons (Fsp3) is 0.286. The van der Waals surface area contributed by atoms with E-state index < -0.39 is 0 Å². The molecular weight excluding hydrogens is 280 g/mol. The maximum atomic E-state index is 2.47. The van der Waals surface area contributed by atoms with Gasteiger partial charge in [-0.25, -0.2) is 9.13 Å². The van der Waals surface area contributed by atoms with Gasteiger partial charge in [0.1, 0.15) is 24.5 Å². The van der Waals surface area contributed by atoms with E-state index in [-0.39, 0.29) is 0 Å². The molecule has 2 heteroatoms. The number of hydrogen-bond donors (Lipinski definition) is 0. The maximum absolute atomic E-state index is 2.47. The van der Waals surface area contributed by atoms with Gasteiger partial charge in [-0.1, -0.05) is 60.7 Å². The first-order chi connectivity index (χ1) is 11.4. The zero-order valence-corrected chi connectivity index (χ0v) is 13.5. The molecule has 0 radical (unpaired) electrons.